The molecule has 3 aromatic rings. The summed E-state index contributed by atoms with van der Waals surface area (Å²) in [5, 5.41) is 4.78. The Labute approximate surface area is 155 Å². The fraction of sp³-hybridized carbons (Fsp3) is 0.364. The van der Waals surface area contributed by atoms with Gasteiger partial charge < -0.3 is 4.90 Å². The number of aromatic nitrogens is 3. The number of pyridine rings is 1. The van der Waals surface area contributed by atoms with Crippen molar-refractivity contribution in [2.75, 3.05) is 19.6 Å². The van der Waals surface area contributed by atoms with Crippen molar-refractivity contribution in [1.29, 1.82) is 0 Å². The standard InChI is InChI=1S/C22H26N4/c1-2-12-25(13-3-1)14-6-15-26-16-10-22(24-26)20-8-4-7-19(17-20)21-9-5-11-23-18-21/h4-5,7-11,16-18H,1-3,6,12-15H2. The molecule has 1 aliphatic rings. The van der Waals surface area contributed by atoms with Crippen LogP contribution < -0.4 is 0 Å². The van der Waals surface area contributed by atoms with Gasteiger partial charge in [0.15, 0.2) is 0 Å². The van der Waals surface area contributed by atoms with Crippen LogP contribution in [0, 0.1) is 0 Å². The van der Waals surface area contributed by atoms with E-state index < -0.39 is 0 Å². The van der Waals surface area contributed by atoms with Gasteiger partial charge in [-0.2, -0.15) is 5.10 Å². The van der Waals surface area contributed by atoms with E-state index in [0.717, 1.165) is 29.8 Å². The molecule has 4 nitrogen and oxygen atoms in total. The van der Waals surface area contributed by atoms with Gasteiger partial charge in [-0.05, 0) is 62.7 Å². The van der Waals surface area contributed by atoms with Gasteiger partial charge in [0.1, 0.15) is 0 Å². The first-order chi connectivity index (χ1) is 12.9. The van der Waals surface area contributed by atoms with Crippen molar-refractivity contribution in [3.05, 3.63) is 61.1 Å². The van der Waals surface area contributed by atoms with Crippen molar-refractivity contribution >= 4 is 0 Å². The molecule has 4 rings (SSSR count). The number of likely N-dealkylation sites (tertiary alicyclic amines) is 1. The van der Waals surface area contributed by atoms with Gasteiger partial charge in [-0.1, -0.05) is 30.7 Å². The van der Waals surface area contributed by atoms with Crippen LogP contribution in [0.25, 0.3) is 22.4 Å². The molecule has 0 saturated carbocycles. The predicted molar refractivity (Wildman–Crippen MR) is 106 cm³/mol. The minimum absolute atomic E-state index is 0.985. The summed E-state index contributed by atoms with van der Waals surface area (Å²) in [4.78, 5) is 6.80. The highest BCUT2D eigenvalue weighted by atomic mass is 15.3. The van der Waals surface area contributed by atoms with Crippen LogP contribution in [0.2, 0.25) is 0 Å². The summed E-state index contributed by atoms with van der Waals surface area (Å²) in [6, 6.07) is 14.7. The molecule has 26 heavy (non-hydrogen) atoms. The van der Waals surface area contributed by atoms with Crippen LogP contribution in [0.5, 0.6) is 0 Å². The lowest BCUT2D eigenvalue weighted by Gasteiger charge is -2.26. The highest BCUT2D eigenvalue weighted by molar-refractivity contribution is 5.70. The average molecular weight is 346 g/mol. The highest BCUT2D eigenvalue weighted by Gasteiger charge is 2.10. The second-order valence-corrected chi connectivity index (χ2v) is 7.04. The van der Waals surface area contributed by atoms with Crippen LogP contribution >= 0.6 is 0 Å². The minimum Gasteiger partial charge on any atom is -0.303 e. The summed E-state index contributed by atoms with van der Waals surface area (Å²) in [6.45, 7) is 4.71. The van der Waals surface area contributed by atoms with E-state index in [4.69, 9.17) is 5.10 Å². The molecule has 4 heteroatoms. The summed E-state index contributed by atoms with van der Waals surface area (Å²) >= 11 is 0. The topological polar surface area (TPSA) is 34.0 Å². The molecular weight excluding hydrogens is 320 g/mol. The van der Waals surface area contributed by atoms with Crippen molar-refractivity contribution < 1.29 is 0 Å². The molecule has 1 aromatic carbocycles. The largest absolute Gasteiger partial charge is 0.303 e. The molecule has 1 aliphatic heterocycles. The Morgan fingerprint density at radius 2 is 1.69 bits per heavy atom. The zero-order valence-corrected chi connectivity index (χ0v) is 15.2. The second-order valence-electron chi connectivity index (χ2n) is 7.04. The van der Waals surface area contributed by atoms with E-state index in [9.17, 15) is 0 Å². The van der Waals surface area contributed by atoms with Crippen LogP contribution in [-0.4, -0.2) is 39.3 Å². The first-order valence-corrected chi connectivity index (χ1v) is 9.65. The van der Waals surface area contributed by atoms with E-state index in [1.807, 2.05) is 12.3 Å². The van der Waals surface area contributed by atoms with E-state index in [-0.39, 0.29) is 0 Å². The smallest absolute Gasteiger partial charge is 0.0923 e. The summed E-state index contributed by atoms with van der Waals surface area (Å²) in [5.74, 6) is 0. The maximum absolute atomic E-state index is 4.78. The van der Waals surface area contributed by atoms with Crippen molar-refractivity contribution in [3.63, 3.8) is 0 Å². The fourth-order valence-corrected chi connectivity index (χ4v) is 3.67. The number of hydrogen-bond donors (Lipinski definition) is 0. The molecule has 2 aromatic heterocycles. The van der Waals surface area contributed by atoms with Gasteiger partial charge in [-0.3, -0.25) is 9.67 Å². The monoisotopic (exact) mass is 346 g/mol. The Morgan fingerprint density at radius 3 is 2.54 bits per heavy atom. The van der Waals surface area contributed by atoms with E-state index in [1.165, 1.54) is 44.5 Å². The first-order valence-electron chi connectivity index (χ1n) is 9.65. The van der Waals surface area contributed by atoms with Gasteiger partial charge in [0.05, 0.1) is 5.69 Å². The molecule has 1 saturated heterocycles. The van der Waals surface area contributed by atoms with Crippen LogP contribution in [0.15, 0.2) is 61.1 Å². The number of aryl methyl sites for hydroxylation is 1. The van der Waals surface area contributed by atoms with Crippen molar-refractivity contribution in [2.24, 2.45) is 0 Å². The molecule has 1 fully saturated rings. The van der Waals surface area contributed by atoms with Gasteiger partial charge in [0.2, 0.25) is 0 Å². The predicted octanol–water partition coefficient (Wildman–Crippen LogP) is 4.49. The Balaban J connectivity index is 1.40. The lowest BCUT2D eigenvalue weighted by molar-refractivity contribution is 0.222. The van der Waals surface area contributed by atoms with Gasteiger partial charge >= 0.3 is 0 Å². The SMILES string of the molecule is c1cncc(-c2cccc(-c3ccn(CCCN4CCCCC4)n3)c2)c1. The maximum Gasteiger partial charge on any atom is 0.0923 e. The summed E-state index contributed by atoms with van der Waals surface area (Å²) in [5.41, 5.74) is 4.50. The normalized spacial score (nSPS) is 15.2. The molecule has 3 heterocycles. The minimum atomic E-state index is 0.985. The number of benzene rings is 1. The molecule has 0 radical (unpaired) electrons. The van der Waals surface area contributed by atoms with Crippen LogP contribution in [0.1, 0.15) is 25.7 Å². The average Bonchev–Trinajstić information content (AvgIpc) is 3.19. The molecule has 134 valence electrons. The van der Waals surface area contributed by atoms with Gasteiger partial charge in [-0.25, -0.2) is 0 Å². The summed E-state index contributed by atoms with van der Waals surface area (Å²) < 4.78 is 2.08. The third-order valence-electron chi connectivity index (χ3n) is 5.10. The van der Waals surface area contributed by atoms with Gasteiger partial charge in [-0.15, -0.1) is 0 Å². The fourth-order valence-electron chi connectivity index (χ4n) is 3.67. The number of piperidine rings is 1. The molecule has 0 aliphatic carbocycles. The van der Waals surface area contributed by atoms with Crippen LogP contribution in [-0.2, 0) is 6.54 Å². The second kappa shape index (κ2) is 8.28. The zero-order valence-electron chi connectivity index (χ0n) is 15.2. The molecule has 0 atom stereocenters. The van der Waals surface area contributed by atoms with Gasteiger partial charge in [0, 0.05) is 36.3 Å². The Bertz CT molecular complexity index is 819. The molecule has 0 spiro atoms. The number of nitrogens with zero attached hydrogens (tertiary/aromatic N) is 4. The summed E-state index contributed by atoms with van der Waals surface area (Å²) in [6.07, 6.45) is 11.1. The Kier molecular flexibility index (Phi) is 5.41. The number of rotatable bonds is 6. The lowest BCUT2D eigenvalue weighted by Crippen LogP contribution is -2.31. The lowest BCUT2D eigenvalue weighted by atomic mass is 10.0. The third kappa shape index (κ3) is 4.20. The van der Waals surface area contributed by atoms with Crippen LogP contribution in [0.4, 0.5) is 0 Å². The van der Waals surface area contributed by atoms with Gasteiger partial charge in [0.25, 0.3) is 0 Å². The number of hydrogen-bond acceptors (Lipinski definition) is 3. The molecular formula is C22H26N4. The molecule has 0 bridgehead atoms. The summed E-state index contributed by atoms with van der Waals surface area (Å²) in [7, 11) is 0. The molecule has 0 N–H and O–H groups in total. The van der Waals surface area contributed by atoms with Crippen molar-refractivity contribution in [2.45, 2.75) is 32.2 Å². The highest BCUT2D eigenvalue weighted by Crippen LogP contribution is 2.24. The van der Waals surface area contributed by atoms with E-state index in [0.29, 0.717) is 0 Å². The Morgan fingerprint density at radius 1 is 0.846 bits per heavy atom. The molecule has 0 unspecified atom stereocenters. The van der Waals surface area contributed by atoms with E-state index in [2.05, 4.69) is 57.2 Å². The maximum atomic E-state index is 4.78. The quantitative estimate of drug-likeness (QED) is 0.659. The van der Waals surface area contributed by atoms with Crippen molar-refractivity contribution in [3.8, 4) is 22.4 Å². The van der Waals surface area contributed by atoms with E-state index in [1.54, 1.807) is 6.20 Å². The van der Waals surface area contributed by atoms with Crippen LogP contribution in [0.3, 0.4) is 0 Å². The van der Waals surface area contributed by atoms with E-state index >= 15 is 0 Å². The first kappa shape index (κ1) is 17.0. The Hall–Kier alpha value is -2.46. The zero-order chi connectivity index (χ0) is 17.6. The third-order valence-corrected chi connectivity index (χ3v) is 5.10. The van der Waals surface area contributed by atoms with Crippen molar-refractivity contribution in [1.82, 2.24) is 19.7 Å². The molecule has 0 amide bonds.